The molecule has 0 aliphatic rings. The van der Waals surface area contributed by atoms with E-state index in [0.29, 0.717) is 0 Å². The van der Waals surface area contributed by atoms with Crippen LogP contribution in [0, 0.1) is 0 Å². The third-order valence-corrected chi connectivity index (χ3v) is 2.50. The molecule has 0 aliphatic heterocycles. The van der Waals surface area contributed by atoms with Crippen molar-refractivity contribution < 1.29 is 26.7 Å². The van der Waals surface area contributed by atoms with E-state index in [1.165, 1.54) is 18.3 Å². The Labute approximate surface area is 103 Å². The van der Waals surface area contributed by atoms with E-state index >= 15 is 0 Å². The maximum absolute atomic E-state index is 11.9. The summed E-state index contributed by atoms with van der Waals surface area (Å²) >= 11 is -2.43. The first-order chi connectivity index (χ1) is 8.29. The number of anilines is 1. The number of amides is 1. The molecule has 0 spiro atoms. The Morgan fingerprint density at radius 3 is 2.72 bits per heavy atom. The number of rotatable bonds is 4. The molecule has 1 unspecified atom stereocenters. The van der Waals surface area contributed by atoms with Crippen LogP contribution >= 0.6 is 0 Å². The number of carbonyl (C=O) groups is 1. The number of hydrogen-bond acceptors (Lipinski definition) is 3. The van der Waals surface area contributed by atoms with Gasteiger partial charge < -0.3 is 9.87 Å². The number of aromatic nitrogens is 1. The van der Waals surface area contributed by atoms with Crippen LogP contribution in [-0.4, -0.2) is 25.8 Å². The van der Waals surface area contributed by atoms with E-state index in [2.05, 4.69) is 10.3 Å². The molecule has 0 aliphatic carbocycles. The van der Waals surface area contributed by atoms with Crippen LogP contribution in [0.1, 0.15) is 12.8 Å². The molecule has 1 aromatic heterocycles. The van der Waals surface area contributed by atoms with Crippen LogP contribution in [0.4, 0.5) is 18.9 Å². The second-order valence-corrected chi connectivity index (χ2v) is 4.15. The van der Waals surface area contributed by atoms with E-state index < -0.39 is 36.0 Å². The summed E-state index contributed by atoms with van der Waals surface area (Å²) in [7, 11) is 0. The maximum atomic E-state index is 11.9. The fraction of sp³-hybridized carbons (Fsp3) is 0.333. The lowest BCUT2D eigenvalue weighted by atomic mass is 10.3. The first kappa shape index (κ1) is 14.6. The minimum Gasteiger partial charge on any atom is -0.324 e. The molecule has 1 rings (SSSR count). The molecule has 2 N–H and O–H groups in total. The van der Waals surface area contributed by atoms with Crippen molar-refractivity contribution in [3.8, 4) is 0 Å². The summed E-state index contributed by atoms with van der Waals surface area (Å²) in [5.74, 6) is -0.896. The van der Waals surface area contributed by atoms with Gasteiger partial charge in [0.05, 0.1) is 12.1 Å². The lowest BCUT2D eigenvalue weighted by Crippen LogP contribution is -2.17. The van der Waals surface area contributed by atoms with Crippen LogP contribution in [0.2, 0.25) is 0 Å². The SMILES string of the molecule is O=C(CCC(F)(F)F)Nc1cccnc1S(=O)O. The molecule has 1 amide bonds. The zero-order valence-electron chi connectivity index (χ0n) is 8.90. The van der Waals surface area contributed by atoms with Crippen LogP contribution in [0.5, 0.6) is 0 Å². The number of nitrogens with zero attached hydrogens (tertiary/aromatic N) is 1. The summed E-state index contributed by atoms with van der Waals surface area (Å²) in [4.78, 5) is 14.8. The molecular formula is C9H9F3N2O3S. The third kappa shape index (κ3) is 4.80. The van der Waals surface area contributed by atoms with Gasteiger partial charge in [0, 0.05) is 12.6 Å². The fourth-order valence-electron chi connectivity index (χ4n) is 1.09. The molecule has 9 heteroatoms. The van der Waals surface area contributed by atoms with Gasteiger partial charge in [0.2, 0.25) is 17.0 Å². The van der Waals surface area contributed by atoms with Gasteiger partial charge in [-0.3, -0.25) is 4.79 Å². The summed E-state index contributed by atoms with van der Waals surface area (Å²) in [6, 6.07) is 2.66. The van der Waals surface area contributed by atoms with Crippen molar-refractivity contribution in [3.63, 3.8) is 0 Å². The molecule has 0 fully saturated rings. The Bertz CT molecular complexity index is 465. The van der Waals surface area contributed by atoms with E-state index in [4.69, 9.17) is 4.55 Å². The molecule has 100 valence electrons. The molecule has 0 radical (unpaired) electrons. The summed E-state index contributed by atoms with van der Waals surface area (Å²) in [6.07, 6.45) is -5.20. The first-order valence-corrected chi connectivity index (χ1v) is 5.83. The fourth-order valence-corrected chi connectivity index (χ4v) is 1.55. The van der Waals surface area contributed by atoms with Crippen molar-refractivity contribution in [1.82, 2.24) is 4.98 Å². The molecule has 0 saturated heterocycles. The Morgan fingerprint density at radius 1 is 1.50 bits per heavy atom. The lowest BCUT2D eigenvalue weighted by Gasteiger charge is -2.08. The van der Waals surface area contributed by atoms with Crippen molar-refractivity contribution >= 4 is 22.7 Å². The van der Waals surface area contributed by atoms with E-state index in [-0.39, 0.29) is 10.7 Å². The van der Waals surface area contributed by atoms with Crippen molar-refractivity contribution in [2.75, 3.05) is 5.32 Å². The molecule has 1 atom stereocenters. The minimum absolute atomic E-state index is 0.0782. The molecule has 18 heavy (non-hydrogen) atoms. The van der Waals surface area contributed by atoms with Gasteiger partial charge >= 0.3 is 6.18 Å². The van der Waals surface area contributed by atoms with Gasteiger partial charge in [-0.25, -0.2) is 9.19 Å². The lowest BCUT2D eigenvalue weighted by molar-refractivity contribution is -0.142. The van der Waals surface area contributed by atoms with Crippen molar-refractivity contribution in [2.24, 2.45) is 0 Å². The predicted octanol–water partition coefficient (Wildman–Crippen LogP) is 1.94. The van der Waals surface area contributed by atoms with E-state index in [1.807, 2.05) is 0 Å². The average Bonchev–Trinajstić information content (AvgIpc) is 2.26. The zero-order valence-corrected chi connectivity index (χ0v) is 9.72. The molecule has 0 saturated carbocycles. The number of pyridine rings is 1. The second kappa shape index (κ2) is 5.91. The number of hydrogen-bond donors (Lipinski definition) is 2. The summed E-state index contributed by atoms with van der Waals surface area (Å²) in [5, 5.41) is 1.80. The molecular weight excluding hydrogens is 273 g/mol. The first-order valence-electron chi connectivity index (χ1n) is 4.72. The quantitative estimate of drug-likeness (QED) is 0.827. The normalized spacial score (nSPS) is 13.1. The zero-order chi connectivity index (χ0) is 13.8. The molecule has 5 nitrogen and oxygen atoms in total. The van der Waals surface area contributed by atoms with Crippen molar-refractivity contribution in [1.29, 1.82) is 0 Å². The van der Waals surface area contributed by atoms with E-state index in [0.717, 1.165) is 0 Å². The molecule has 1 heterocycles. The van der Waals surface area contributed by atoms with Gasteiger partial charge in [0.25, 0.3) is 0 Å². The molecule has 0 bridgehead atoms. The second-order valence-electron chi connectivity index (χ2n) is 3.27. The average molecular weight is 282 g/mol. The third-order valence-electron chi connectivity index (χ3n) is 1.85. The Morgan fingerprint density at radius 2 is 2.17 bits per heavy atom. The number of carbonyl (C=O) groups excluding carboxylic acids is 1. The van der Waals surface area contributed by atoms with Crippen molar-refractivity contribution in [3.05, 3.63) is 18.3 Å². The Balaban J connectivity index is 2.68. The predicted molar refractivity (Wildman–Crippen MR) is 57.2 cm³/mol. The monoisotopic (exact) mass is 282 g/mol. The highest BCUT2D eigenvalue weighted by Gasteiger charge is 2.28. The minimum atomic E-state index is -4.42. The Kier molecular flexibility index (Phi) is 4.79. The summed E-state index contributed by atoms with van der Waals surface area (Å²) < 4.78 is 55.3. The Hall–Kier alpha value is -1.48. The number of halogens is 3. The van der Waals surface area contributed by atoms with Gasteiger partial charge in [-0.15, -0.1) is 0 Å². The molecule has 1 aromatic rings. The smallest absolute Gasteiger partial charge is 0.324 e. The molecule has 0 aromatic carbocycles. The van der Waals surface area contributed by atoms with E-state index in [9.17, 15) is 22.2 Å². The van der Waals surface area contributed by atoms with Crippen LogP contribution < -0.4 is 5.32 Å². The largest absolute Gasteiger partial charge is 0.389 e. The number of alkyl halides is 3. The van der Waals surface area contributed by atoms with Crippen LogP contribution in [0.15, 0.2) is 23.4 Å². The summed E-state index contributed by atoms with van der Waals surface area (Å²) in [6.45, 7) is 0. The highest BCUT2D eigenvalue weighted by Crippen LogP contribution is 2.22. The van der Waals surface area contributed by atoms with Gasteiger partial charge in [-0.2, -0.15) is 13.2 Å². The standard InChI is InChI=1S/C9H9F3N2O3S/c10-9(11,12)4-3-7(15)14-6-2-1-5-13-8(6)18(16)17/h1-2,5H,3-4H2,(H,14,15)(H,16,17). The van der Waals surface area contributed by atoms with Gasteiger partial charge in [-0.1, -0.05) is 0 Å². The highest BCUT2D eigenvalue weighted by atomic mass is 32.2. The van der Waals surface area contributed by atoms with Crippen LogP contribution in [0.3, 0.4) is 0 Å². The topological polar surface area (TPSA) is 79.3 Å². The summed E-state index contributed by atoms with van der Waals surface area (Å²) in [5.41, 5.74) is -0.0782. The highest BCUT2D eigenvalue weighted by molar-refractivity contribution is 7.79. The van der Waals surface area contributed by atoms with Gasteiger partial charge in [0.15, 0.2) is 5.03 Å². The van der Waals surface area contributed by atoms with Gasteiger partial charge in [-0.05, 0) is 12.1 Å². The maximum Gasteiger partial charge on any atom is 0.389 e. The van der Waals surface area contributed by atoms with Gasteiger partial charge in [0.1, 0.15) is 0 Å². The van der Waals surface area contributed by atoms with Crippen LogP contribution in [0.25, 0.3) is 0 Å². The number of nitrogens with one attached hydrogen (secondary N) is 1. The van der Waals surface area contributed by atoms with Crippen molar-refractivity contribution in [2.45, 2.75) is 24.0 Å². The van der Waals surface area contributed by atoms with Crippen LogP contribution in [-0.2, 0) is 15.9 Å². The van der Waals surface area contributed by atoms with E-state index in [1.54, 1.807) is 0 Å².